The molecule has 0 saturated heterocycles. The lowest BCUT2D eigenvalue weighted by Crippen LogP contribution is -2.19. The van der Waals surface area contributed by atoms with E-state index in [0.717, 1.165) is 15.9 Å². The van der Waals surface area contributed by atoms with Crippen LogP contribution in [-0.4, -0.2) is 36.1 Å². The van der Waals surface area contributed by atoms with Crippen LogP contribution in [0.5, 0.6) is 0 Å². The van der Waals surface area contributed by atoms with Crippen molar-refractivity contribution in [1.82, 2.24) is 24.7 Å². The summed E-state index contributed by atoms with van der Waals surface area (Å²) in [6, 6.07) is 0. The summed E-state index contributed by atoms with van der Waals surface area (Å²) in [7, 11) is 0. The van der Waals surface area contributed by atoms with E-state index in [-0.39, 0.29) is 5.16 Å². The molecule has 6 nitrogen and oxygen atoms in total. The number of fused-ring (bicyclic) bond motifs is 1. The van der Waals surface area contributed by atoms with Crippen molar-refractivity contribution in [3.8, 4) is 0 Å². The number of nitrogens with zero attached hydrogens (tertiary/aromatic N) is 6. The van der Waals surface area contributed by atoms with Gasteiger partial charge in [0.25, 0.3) is 5.82 Å². The average Bonchev–Trinajstić information content (AvgIpc) is 3.00. The Balaban J connectivity index is 2.07. The van der Waals surface area contributed by atoms with E-state index in [1.807, 2.05) is 6.92 Å². The van der Waals surface area contributed by atoms with Crippen molar-refractivity contribution in [3.63, 3.8) is 0 Å². The van der Waals surface area contributed by atoms with Gasteiger partial charge in [0, 0.05) is 24.1 Å². The summed E-state index contributed by atoms with van der Waals surface area (Å²) >= 11 is 1.18. The van der Waals surface area contributed by atoms with Crippen molar-refractivity contribution >= 4 is 17.5 Å². The largest absolute Gasteiger partial charge is 0.453 e. The maximum absolute atomic E-state index is 12.9. The maximum atomic E-state index is 12.9. The molecule has 0 bridgehead atoms. The van der Waals surface area contributed by atoms with Crippen LogP contribution in [0, 0.1) is 6.92 Å². The molecule has 0 radical (unpaired) electrons. The van der Waals surface area contributed by atoms with Gasteiger partial charge in [-0.15, -0.1) is 10.2 Å². The molecule has 0 aromatic carbocycles. The highest BCUT2D eigenvalue weighted by Gasteiger charge is 2.40. The van der Waals surface area contributed by atoms with Gasteiger partial charge in [-0.05, 0) is 13.8 Å². The molecule has 0 aliphatic carbocycles. The molecule has 3 heterocycles. The lowest BCUT2D eigenvalue weighted by molar-refractivity contribution is -0.147. The summed E-state index contributed by atoms with van der Waals surface area (Å²) in [6.07, 6.45) is -2.79. The maximum Gasteiger partial charge on any atom is 0.453 e. The molecular weight excluding hydrogens is 305 g/mol. The van der Waals surface area contributed by atoms with Gasteiger partial charge in [-0.3, -0.25) is 4.68 Å². The van der Waals surface area contributed by atoms with Crippen LogP contribution in [0.3, 0.4) is 0 Å². The summed E-state index contributed by atoms with van der Waals surface area (Å²) in [5.74, 6) is -0.672. The summed E-state index contributed by atoms with van der Waals surface area (Å²) in [6.45, 7) is 4.43. The van der Waals surface area contributed by atoms with Crippen molar-refractivity contribution < 1.29 is 13.2 Å². The lowest BCUT2D eigenvalue weighted by atomic mass is 10.2. The van der Waals surface area contributed by atoms with Crippen molar-refractivity contribution in [1.29, 1.82) is 0 Å². The number of aryl methyl sites for hydroxylation is 2. The minimum absolute atomic E-state index is 0.145. The Morgan fingerprint density at radius 1 is 1.33 bits per heavy atom. The number of aromatic nitrogens is 5. The van der Waals surface area contributed by atoms with Gasteiger partial charge >= 0.3 is 6.18 Å². The van der Waals surface area contributed by atoms with Gasteiger partial charge < -0.3 is 0 Å². The molecule has 112 valence electrons. The van der Waals surface area contributed by atoms with E-state index in [9.17, 15) is 13.2 Å². The number of hydrogen-bond acceptors (Lipinski definition) is 5. The molecule has 0 unspecified atom stereocenters. The van der Waals surface area contributed by atoms with Crippen molar-refractivity contribution in [2.45, 2.75) is 31.7 Å². The van der Waals surface area contributed by atoms with Crippen molar-refractivity contribution in [2.24, 2.45) is 5.10 Å². The Hall–Kier alpha value is -1.84. The molecule has 2 aromatic rings. The molecule has 1 aliphatic rings. The Morgan fingerprint density at radius 2 is 2.10 bits per heavy atom. The second-order valence-electron chi connectivity index (χ2n) is 4.43. The Kier molecular flexibility index (Phi) is 3.27. The molecule has 10 heteroatoms. The van der Waals surface area contributed by atoms with Gasteiger partial charge in [0.05, 0.1) is 11.4 Å². The highest BCUT2D eigenvalue weighted by Crippen LogP contribution is 2.32. The van der Waals surface area contributed by atoms with Gasteiger partial charge in [0.2, 0.25) is 5.16 Å². The number of halogens is 3. The van der Waals surface area contributed by atoms with Crippen molar-refractivity contribution in [3.05, 3.63) is 23.3 Å². The molecular formula is C11H11F3N6S. The standard InChI is InChI=1S/C11H11F3N6S/c1-3-19-4-7(6(2)17-19)8-5-21-10-16-15-9(11(12,13)14)20(10)18-8/h4H,3,5H2,1-2H3. The Morgan fingerprint density at radius 3 is 2.71 bits per heavy atom. The fraction of sp³-hybridized carbons (Fsp3) is 0.455. The normalized spacial score (nSPS) is 15.0. The molecule has 21 heavy (non-hydrogen) atoms. The third-order valence-electron chi connectivity index (χ3n) is 3.01. The van der Waals surface area contributed by atoms with Gasteiger partial charge in [0.15, 0.2) is 0 Å². The van der Waals surface area contributed by atoms with Gasteiger partial charge in [0.1, 0.15) is 0 Å². The number of alkyl halides is 3. The molecule has 3 rings (SSSR count). The SMILES string of the molecule is CCn1cc(C2=Nn3c(nnc3C(F)(F)F)SC2)c(C)n1. The van der Waals surface area contributed by atoms with E-state index in [2.05, 4.69) is 20.4 Å². The smallest absolute Gasteiger partial charge is 0.272 e. The van der Waals surface area contributed by atoms with Crippen LogP contribution in [0.2, 0.25) is 0 Å². The average molecular weight is 316 g/mol. The lowest BCUT2D eigenvalue weighted by Gasteiger charge is -2.13. The van der Waals surface area contributed by atoms with E-state index in [1.54, 1.807) is 17.8 Å². The molecule has 0 spiro atoms. The summed E-state index contributed by atoms with van der Waals surface area (Å²) in [4.78, 5) is 0. The summed E-state index contributed by atoms with van der Waals surface area (Å²) in [5.41, 5.74) is 2.02. The second-order valence-corrected chi connectivity index (χ2v) is 5.38. The highest BCUT2D eigenvalue weighted by atomic mass is 32.2. The first kappa shape index (κ1) is 14.1. The molecule has 0 saturated carbocycles. The van der Waals surface area contributed by atoms with Crippen LogP contribution in [0.4, 0.5) is 13.2 Å². The number of thioether (sulfide) groups is 1. The third kappa shape index (κ3) is 2.43. The first-order chi connectivity index (χ1) is 9.90. The van der Waals surface area contributed by atoms with Crippen LogP contribution in [0.15, 0.2) is 16.5 Å². The molecule has 0 N–H and O–H groups in total. The fourth-order valence-corrected chi connectivity index (χ4v) is 2.83. The fourth-order valence-electron chi connectivity index (χ4n) is 2.00. The van der Waals surface area contributed by atoms with E-state index in [0.29, 0.717) is 18.0 Å². The molecule has 0 fully saturated rings. The van der Waals surface area contributed by atoms with E-state index >= 15 is 0 Å². The minimum Gasteiger partial charge on any atom is -0.272 e. The zero-order chi connectivity index (χ0) is 15.2. The van der Waals surface area contributed by atoms with E-state index in [1.165, 1.54) is 11.8 Å². The first-order valence-electron chi connectivity index (χ1n) is 6.18. The molecule has 2 aromatic heterocycles. The Labute approximate surface area is 122 Å². The third-order valence-corrected chi connectivity index (χ3v) is 3.94. The van der Waals surface area contributed by atoms with E-state index in [4.69, 9.17) is 0 Å². The molecule has 0 amide bonds. The number of rotatable bonds is 2. The van der Waals surface area contributed by atoms with Crippen LogP contribution in [0.1, 0.15) is 24.0 Å². The van der Waals surface area contributed by atoms with Crippen LogP contribution in [-0.2, 0) is 12.7 Å². The van der Waals surface area contributed by atoms with Crippen LogP contribution >= 0.6 is 11.8 Å². The Bertz CT molecular complexity index is 714. The quantitative estimate of drug-likeness (QED) is 0.852. The predicted molar refractivity (Wildman–Crippen MR) is 70.3 cm³/mol. The predicted octanol–water partition coefficient (Wildman–Crippen LogP) is 2.18. The zero-order valence-corrected chi connectivity index (χ0v) is 12.0. The van der Waals surface area contributed by atoms with Crippen LogP contribution < -0.4 is 0 Å². The zero-order valence-electron chi connectivity index (χ0n) is 11.2. The van der Waals surface area contributed by atoms with Gasteiger partial charge in [-0.25, -0.2) is 0 Å². The second kappa shape index (κ2) is 4.86. The minimum atomic E-state index is -4.58. The van der Waals surface area contributed by atoms with Gasteiger partial charge in [-0.1, -0.05) is 11.8 Å². The molecule has 0 atom stereocenters. The summed E-state index contributed by atoms with van der Waals surface area (Å²) in [5, 5.41) is 15.2. The van der Waals surface area contributed by atoms with Crippen molar-refractivity contribution in [2.75, 3.05) is 5.75 Å². The van der Waals surface area contributed by atoms with Crippen LogP contribution in [0.25, 0.3) is 0 Å². The topological polar surface area (TPSA) is 60.9 Å². The first-order valence-corrected chi connectivity index (χ1v) is 7.16. The molecule has 1 aliphatic heterocycles. The van der Waals surface area contributed by atoms with E-state index < -0.39 is 12.0 Å². The van der Waals surface area contributed by atoms with Gasteiger partial charge in [-0.2, -0.15) is 28.0 Å². The number of hydrogen-bond donors (Lipinski definition) is 0. The highest BCUT2D eigenvalue weighted by molar-refractivity contribution is 7.99. The summed E-state index contributed by atoms with van der Waals surface area (Å²) < 4.78 is 41.1. The monoisotopic (exact) mass is 316 g/mol.